The standard InChI is InChI=1S/C34H40B2O4.C31H33BBrO2P.C9H8O3.C8H8O2/c1-31(2)32(3,4)38-35(37-31)29-21-17-27(18-22-29)15-13-25-9-11-26(12-10-25)14-16-28-19-23-30(24-20-28)36-39-33(5,6)34(7,8)40-36;1-30(2)31(3,4)35-32(34-30)26-22-20-25(21-23-26)24-36(33,27-14-8-5-9-15-27,28-16-10-6-11-17-28)29-18-12-7-13-19-29;10-5-8-1-3-9(4-2-8)6-12-7-11;1-10-8-4-2-7(6-9)3-5-8/h9-24H,1-8H3;5-23H,24H2,1-4H3;1-5,7H,6H2;2-6H,1H3/b15-13+,16-14+;;;. The van der Waals surface area contributed by atoms with Crippen LogP contribution >= 0.6 is 20.8 Å². The van der Waals surface area contributed by atoms with Crippen molar-refractivity contribution >= 4 is 118 Å². The second-order valence-corrected chi connectivity index (χ2v) is 36.6. The van der Waals surface area contributed by atoms with Crippen molar-refractivity contribution in [2.45, 2.75) is 129 Å². The van der Waals surface area contributed by atoms with Gasteiger partial charge in [0.05, 0.1) is 29.5 Å². The molecule has 16 heteroatoms. The Morgan fingerprint density at radius 2 is 0.602 bits per heavy atom. The van der Waals surface area contributed by atoms with Crippen LogP contribution in [0.3, 0.4) is 0 Å². The fourth-order valence-electron chi connectivity index (χ4n) is 11.1. The van der Waals surface area contributed by atoms with Crippen LogP contribution in [0.1, 0.15) is 137 Å². The van der Waals surface area contributed by atoms with E-state index in [4.69, 9.17) is 32.7 Å². The molecule has 9 aromatic carbocycles. The third-order valence-electron chi connectivity index (χ3n) is 19.4. The Hall–Kier alpha value is -8.07. The van der Waals surface area contributed by atoms with E-state index in [1.807, 2.05) is 0 Å². The molecule has 12 rings (SSSR count). The molecule has 3 fully saturated rings. The molecule has 3 heterocycles. The predicted molar refractivity (Wildman–Crippen MR) is 410 cm³/mol. The maximum atomic E-state index is 10.2. The molecule has 0 N–H and O–H groups in total. The van der Waals surface area contributed by atoms with Crippen molar-refractivity contribution in [2.75, 3.05) is 7.11 Å². The minimum atomic E-state index is -3.03. The van der Waals surface area contributed by atoms with Gasteiger partial charge in [0.1, 0.15) is 24.9 Å². The quantitative estimate of drug-likeness (QED) is 0.0353. The molecule has 0 atom stereocenters. The maximum Gasteiger partial charge on any atom is 0.293 e. The number of ether oxygens (including phenoxy) is 2. The average molecular weight is 1390 g/mol. The SMILES string of the molecule is CC1(C)OB(c2ccc(/C=C/c3ccc(/C=C/c4ccc(B5OC(C)(C)C(C)(C)O5)cc4)cc3)cc2)OC1(C)C.CC1(C)OB(c2ccc(CP(Br)(c3ccccc3)(c3ccccc3)c3ccccc3)cc2)OC1(C)C.COc1ccc(C=O)cc1.O=COCc1ccc(C=O)cc1. The monoisotopic (exact) mass is 1390 g/mol. The number of methoxy groups -OCH3 is 1. The summed E-state index contributed by atoms with van der Waals surface area (Å²) in [7, 11) is 0.560. The summed E-state index contributed by atoms with van der Waals surface area (Å²) in [6, 6.07) is 80.6. The second-order valence-electron chi connectivity index (χ2n) is 27.7. The molecule has 11 nitrogen and oxygen atoms in total. The van der Waals surface area contributed by atoms with Crippen LogP contribution in [0.4, 0.5) is 0 Å². The number of rotatable bonds is 18. The van der Waals surface area contributed by atoms with Gasteiger partial charge in [0.15, 0.2) is 0 Å². The summed E-state index contributed by atoms with van der Waals surface area (Å²) in [6.45, 7) is 25.6. The largest absolute Gasteiger partial charge is 0.497 e. The van der Waals surface area contributed by atoms with E-state index < -0.39 is 5.31 Å². The summed E-state index contributed by atoms with van der Waals surface area (Å²) >= 11 is 4.55. The molecule has 0 aromatic heterocycles. The van der Waals surface area contributed by atoms with Gasteiger partial charge < -0.3 is 28.1 Å². The summed E-state index contributed by atoms with van der Waals surface area (Å²) in [5.41, 5.74) is 9.05. The summed E-state index contributed by atoms with van der Waals surface area (Å²) in [5.74, 6) is 0.769. The van der Waals surface area contributed by atoms with E-state index >= 15 is 0 Å². The van der Waals surface area contributed by atoms with Crippen LogP contribution in [-0.2, 0) is 50.2 Å². The van der Waals surface area contributed by atoms with Gasteiger partial charge in [0, 0.05) is 11.1 Å². The van der Waals surface area contributed by atoms with E-state index in [0.29, 0.717) is 17.6 Å². The van der Waals surface area contributed by atoms with Gasteiger partial charge in [-0.3, -0.25) is 14.4 Å². The topological polar surface area (TPSA) is 125 Å². The van der Waals surface area contributed by atoms with Crippen LogP contribution < -0.4 is 37.0 Å². The molecule has 9 aromatic rings. The first-order valence-electron chi connectivity index (χ1n) is 33.0. The number of hydrogen-bond donors (Lipinski definition) is 0. The number of halogens is 1. The molecule has 0 amide bonds. The number of hydrogen-bond acceptors (Lipinski definition) is 11. The van der Waals surface area contributed by atoms with Gasteiger partial charge in [-0.1, -0.05) is 121 Å². The van der Waals surface area contributed by atoms with Gasteiger partial charge in [-0.05, 0) is 118 Å². The minimum absolute atomic E-state index is 0.253. The predicted octanol–water partition coefficient (Wildman–Crippen LogP) is 15.6. The normalized spacial score (nSPS) is 17.2. The number of carbonyl (C=O) groups excluding carboxylic acids is 3. The zero-order valence-corrected chi connectivity index (χ0v) is 61.0. The molecule has 98 heavy (non-hydrogen) atoms. The van der Waals surface area contributed by atoms with Crippen LogP contribution in [0.25, 0.3) is 24.3 Å². The van der Waals surface area contributed by atoms with Gasteiger partial charge in [0.2, 0.25) is 0 Å². The van der Waals surface area contributed by atoms with Crippen molar-refractivity contribution in [1.82, 2.24) is 0 Å². The first-order chi connectivity index (χ1) is 46.6. The van der Waals surface area contributed by atoms with Crippen LogP contribution in [0.5, 0.6) is 5.75 Å². The molecule has 0 radical (unpaired) electrons. The molecule has 0 unspecified atom stereocenters. The van der Waals surface area contributed by atoms with Crippen LogP contribution in [0, 0.1) is 0 Å². The molecular formula is C82H89B3BrO11P. The van der Waals surface area contributed by atoms with Gasteiger partial charge in [-0.25, -0.2) is 0 Å². The molecule has 0 saturated carbocycles. The van der Waals surface area contributed by atoms with Gasteiger partial charge in [-0.2, -0.15) is 0 Å². The number of benzene rings is 9. The zero-order valence-electron chi connectivity index (χ0n) is 58.5. The van der Waals surface area contributed by atoms with E-state index in [-0.39, 0.29) is 61.6 Å². The average Bonchev–Trinajstić information content (AvgIpc) is 0.706. The smallest absolute Gasteiger partial charge is 0.293 e. The van der Waals surface area contributed by atoms with Crippen molar-refractivity contribution in [1.29, 1.82) is 0 Å². The fraction of sp³-hybridized carbons (Fsp3) is 0.256. The van der Waals surface area contributed by atoms with Crippen molar-refractivity contribution in [3.05, 3.63) is 281 Å². The van der Waals surface area contributed by atoms with Gasteiger partial charge in [0.25, 0.3) is 6.47 Å². The second kappa shape index (κ2) is 31.4. The van der Waals surface area contributed by atoms with Crippen LogP contribution in [0.15, 0.2) is 237 Å². The Morgan fingerprint density at radius 1 is 0.347 bits per heavy atom. The molecule has 0 bridgehead atoms. The molecule has 0 aliphatic carbocycles. The summed E-state index contributed by atoms with van der Waals surface area (Å²) < 4.78 is 46.7. The number of carbonyl (C=O) groups is 3. The van der Waals surface area contributed by atoms with E-state index in [2.05, 4.69) is 316 Å². The van der Waals surface area contributed by atoms with E-state index in [9.17, 15) is 14.4 Å². The Bertz CT molecular complexity index is 3880. The van der Waals surface area contributed by atoms with E-state index in [0.717, 1.165) is 68.7 Å². The minimum Gasteiger partial charge on any atom is -0.497 e. The van der Waals surface area contributed by atoms with E-state index in [1.54, 1.807) is 55.6 Å². The molecule has 0 spiro atoms. The Balaban J connectivity index is 0.000000176. The fourth-order valence-corrected chi connectivity index (χ4v) is 18.9. The van der Waals surface area contributed by atoms with Crippen LogP contribution in [0.2, 0.25) is 0 Å². The first-order valence-corrected chi connectivity index (χ1v) is 37.5. The maximum absolute atomic E-state index is 10.2. The molecular weight excluding hydrogens is 1300 g/mol. The Labute approximate surface area is 589 Å². The first kappa shape index (κ1) is 74.2. The van der Waals surface area contributed by atoms with Gasteiger partial charge in [-0.15, -0.1) is 0 Å². The Kier molecular flexibility index (Phi) is 23.8. The van der Waals surface area contributed by atoms with Crippen molar-refractivity contribution in [2.24, 2.45) is 0 Å². The molecule has 504 valence electrons. The summed E-state index contributed by atoms with van der Waals surface area (Å²) in [6.07, 6.45) is 10.9. The Morgan fingerprint density at radius 3 is 0.878 bits per heavy atom. The summed E-state index contributed by atoms with van der Waals surface area (Å²) in [5, 5.41) is 0.918. The van der Waals surface area contributed by atoms with E-state index in [1.165, 1.54) is 21.5 Å². The summed E-state index contributed by atoms with van der Waals surface area (Å²) in [4.78, 5) is 30.2. The molecule has 3 aliphatic rings. The molecule has 3 aliphatic heterocycles. The van der Waals surface area contributed by atoms with Crippen molar-refractivity contribution in [3.8, 4) is 5.75 Å². The van der Waals surface area contributed by atoms with Gasteiger partial charge >= 0.3 is 239 Å². The zero-order chi connectivity index (χ0) is 70.4. The third-order valence-corrected chi connectivity index (χ3v) is 28.9. The van der Waals surface area contributed by atoms with Crippen molar-refractivity contribution in [3.63, 3.8) is 0 Å². The number of aldehydes is 2. The molecule has 3 saturated heterocycles. The van der Waals surface area contributed by atoms with Crippen molar-refractivity contribution < 1.29 is 51.8 Å². The third kappa shape index (κ3) is 17.5. The van der Waals surface area contributed by atoms with Crippen LogP contribution in [-0.4, -0.2) is 81.1 Å².